The van der Waals surface area contributed by atoms with Crippen LogP contribution in [0.25, 0.3) is 0 Å². The largest absolute Gasteiger partial charge is 0.494 e. The molecule has 0 spiro atoms. The van der Waals surface area contributed by atoms with Crippen LogP contribution in [0.1, 0.15) is 38.2 Å². The molecule has 3 unspecified atom stereocenters. The van der Waals surface area contributed by atoms with Crippen molar-refractivity contribution in [2.24, 2.45) is 11.8 Å². The molecule has 0 amide bonds. The number of rotatable bonds is 6. The summed E-state index contributed by atoms with van der Waals surface area (Å²) in [5.74, 6) is 1.65. The van der Waals surface area contributed by atoms with Gasteiger partial charge in [-0.2, -0.15) is 0 Å². The number of nitrogens with one attached hydrogen (secondary N) is 1. The second-order valence-corrected chi connectivity index (χ2v) is 5.92. The van der Waals surface area contributed by atoms with E-state index in [4.69, 9.17) is 4.74 Å². The number of hydrogen-bond acceptors (Lipinski definition) is 2. The molecule has 0 radical (unpaired) electrons. The molecule has 1 fully saturated rings. The third-order valence-electron chi connectivity index (χ3n) is 4.77. The van der Waals surface area contributed by atoms with Gasteiger partial charge in [0.1, 0.15) is 0 Å². The molecule has 1 aromatic carbocycles. The van der Waals surface area contributed by atoms with Crippen molar-refractivity contribution in [1.29, 1.82) is 0 Å². The Bertz CT molecular complexity index is 435. The summed E-state index contributed by atoms with van der Waals surface area (Å²) >= 11 is 0. The van der Waals surface area contributed by atoms with Crippen molar-refractivity contribution in [3.8, 4) is 5.75 Å². The van der Waals surface area contributed by atoms with E-state index in [1.54, 1.807) is 12.1 Å². The third kappa shape index (κ3) is 3.51. The fourth-order valence-electron chi connectivity index (χ4n) is 3.45. The van der Waals surface area contributed by atoms with Gasteiger partial charge in [0.05, 0.1) is 7.11 Å². The lowest BCUT2D eigenvalue weighted by atomic mass is 9.91. The molecule has 0 bridgehead atoms. The van der Waals surface area contributed by atoms with Crippen LogP contribution in [-0.2, 0) is 6.42 Å². The van der Waals surface area contributed by atoms with Crippen LogP contribution >= 0.6 is 0 Å². The Morgan fingerprint density at radius 1 is 1.40 bits per heavy atom. The van der Waals surface area contributed by atoms with E-state index in [-0.39, 0.29) is 5.82 Å². The quantitative estimate of drug-likeness (QED) is 0.855. The van der Waals surface area contributed by atoms with Gasteiger partial charge in [0, 0.05) is 6.04 Å². The van der Waals surface area contributed by atoms with Crippen molar-refractivity contribution in [3.63, 3.8) is 0 Å². The summed E-state index contributed by atoms with van der Waals surface area (Å²) in [7, 11) is 3.52. The molecule has 0 saturated heterocycles. The Hall–Kier alpha value is -1.09. The van der Waals surface area contributed by atoms with E-state index in [9.17, 15) is 4.39 Å². The number of benzene rings is 1. The first-order valence-electron chi connectivity index (χ1n) is 7.67. The molecule has 1 aliphatic rings. The summed E-state index contributed by atoms with van der Waals surface area (Å²) in [6, 6.07) is 5.74. The zero-order valence-electron chi connectivity index (χ0n) is 12.8. The molecule has 0 aliphatic heterocycles. The van der Waals surface area contributed by atoms with Crippen molar-refractivity contribution in [2.45, 2.75) is 45.1 Å². The Morgan fingerprint density at radius 3 is 2.75 bits per heavy atom. The van der Waals surface area contributed by atoms with Gasteiger partial charge in [0.25, 0.3) is 0 Å². The van der Waals surface area contributed by atoms with E-state index in [1.807, 2.05) is 13.1 Å². The monoisotopic (exact) mass is 279 g/mol. The fraction of sp³-hybridized carbons (Fsp3) is 0.647. The summed E-state index contributed by atoms with van der Waals surface area (Å²) in [5, 5.41) is 3.43. The lowest BCUT2D eigenvalue weighted by Crippen LogP contribution is -2.34. The van der Waals surface area contributed by atoms with Crippen molar-refractivity contribution in [3.05, 3.63) is 29.6 Å². The first-order chi connectivity index (χ1) is 9.67. The highest BCUT2D eigenvalue weighted by molar-refractivity contribution is 5.29. The average Bonchev–Trinajstić information content (AvgIpc) is 2.93. The van der Waals surface area contributed by atoms with Crippen LogP contribution in [0, 0.1) is 17.7 Å². The molecule has 2 nitrogen and oxygen atoms in total. The molecule has 112 valence electrons. The lowest BCUT2D eigenvalue weighted by Gasteiger charge is -2.23. The van der Waals surface area contributed by atoms with Gasteiger partial charge >= 0.3 is 0 Å². The minimum atomic E-state index is -0.266. The smallest absolute Gasteiger partial charge is 0.165 e. The Labute approximate surface area is 121 Å². The molecule has 3 heteroatoms. The minimum absolute atomic E-state index is 0.266. The summed E-state index contributed by atoms with van der Waals surface area (Å²) in [5.41, 5.74) is 1.04. The number of hydrogen-bond donors (Lipinski definition) is 1. The molecule has 2 rings (SSSR count). The van der Waals surface area contributed by atoms with Gasteiger partial charge in [-0.15, -0.1) is 0 Å². The molecule has 3 atom stereocenters. The molecule has 20 heavy (non-hydrogen) atoms. The Morgan fingerprint density at radius 2 is 2.20 bits per heavy atom. The Balaban J connectivity index is 2.01. The van der Waals surface area contributed by atoms with Gasteiger partial charge in [0.2, 0.25) is 0 Å². The summed E-state index contributed by atoms with van der Waals surface area (Å²) in [6.07, 6.45) is 6.11. The maximum Gasteiger partial charge on any atom is 0.165 e. The number of halogens is 1. The molecular weight excluding hydrogens is 253 g/mol. The maximum atomic E-state index is 13.8. The summed E-state index contributed by atoms with van der Waals surface area (Å²) < 4.78 is 18.7. The van der Waals surface area contributed by atoms with E-state index in [2.05, 4.69) is 12.2 Å². The van der Waals surface area contributed by atoms with Crippen LogP contribution in [0.2, 0.25) is 0 Å². The van der Waals surface area contributed by atoms with Gasteiger partial charge in [-0.3, -0.25) is 0 Å². The maximum absolute atomic E-state index is 13.8. The lowest BCUT2D eigenvalue weighted by molar-refractivity contribution is 0.360. The number of likely N-dealkylation sites (N-methyl/N-ethyl adjacent to an activating group) is 1. The average molecular weight is 279 g/mol. The third-order valence-corrected chi connectivity index (χ3v) is 4.77. The van der Waals surface area contributed by atoms with Gasteiger partial charge in [-0.1, -0.05) is 25.8 Å². The van der Waals surface area contributed by atoms with Crippen LogP contribution in [-0.4, -0.2) is 20.2 Å². The molecule has 0 heterocycles. The molecular formula is C17H26FNO. The zero-order chi connectivity index (χ0) is 14.5. The number of ether oxygens (including phenoxy) is 1. The molecule has 1 aromatic rings. The first kappa shape index (κ1) is 15.3. The second-order valence-electron chi connectivity index (χ2n) is 5.92. The van der Waals surface area contributed by atoms with Crippen LogP contribution in [0.3, 0.4) is 0 Å². The number of methoxy groups -OCH3 is 1. The summed E-state index contributed by atoms with van der Waals surface area (Å²) in [6.45, 7) is 2.28. The summed E-state index contributed by atoms with van der Waals surface area (Å²) in [4.78, 5) is 0. The first-order valence-corrected chi connectivity index (χ1v) is 7.67. The van der Waals surface area contributed by atoms with Crippen LogP contribution < -0.4 is 10.1 Å². The topological polar surface area (TPSA) is 21.3 Å². The molecule has 0 aromatic heterocycles. The van der Waals surface area contributed by atoms with Gasteiger partial charge < -0.3 is 10.1 Å². The normalized spacial score (nSPS) is 23.8. The van der Waals surface area contributed by atoms with Crippen LogP contribution in [0.5, 0.6) is 5.75 Å². The fourth-order valence-corrected chi connectivity index (χ4v) is 3.45. The van der Waals surface area contributed by atoms with E-state index in [0.717, 1.165) is 23.8 Å². The second kappa shape index (κ2) is 7.07. The highest BCUT2D eigenvalue weighted by atomic mass is 19.1. The molecule has 1 aliphatic carbocycles. The van der Waals surface area contributed by atoms with Crippen molar-refractivity contribution < 1.29 is 9.13 Å². The van der Waals surface area contributed by atoms with E-state index < -0.39 is 0 Å². The highest BCUT2D eigenvalue weighted by Crippen LogP contribution is 2.35. The Kier molecular flexibility index (Phi) is 5.41. The molecule has 1 saturated carbocycles. The SMILES string of the molecule is CCC1CCC(C(Cc2ccc(OC)c(F)c2)NC)C1. The predicted octanol–water partition coefficient (Wildman–Crippen LogP) is 3.79. The minimum Gasteiger partial charge on any atom is -0.494 e. The van der Waals surface area contributed by atoms with Crippen molar-refractivity contribution in [1.82, 2.24) is 5.32 Å². The molecule has 1 N–H and O–H groups in total. The van der Waals surface area contributed by atoms with E-state index in [1.165, 1.54) is 32.8 Å². The zero-order valence-corrected chi connectivity index (χ0v) is 12.8. The van der Waals surface area contributed by atoms with Crippen molar-refractivity contribution >= 4 is 0 Å². The van der Waals surface area contributed by atoms with Crippen LogP contribution in [0.15, 0.2) is 18.2 Å². The van der Waals surface area contributed by atoms with E-state index in [0.29, 0.717) is 11.8 Å². The standard InChI is InChI=1S/C17H26FNO/c1-4-12-5-7-14(9-12)16(19-2)11-13-6-8-17(20-3)15(18)10-13/h6,8,10,12,14,16,19H,4-5,7,9,11H2,1-3H3. The van der Waals surface area contributed by atoms with Crippen LogP contribution in [0.4, 0.5) is 4.39 Å². The van der Waals surface area contributed by atoms with Gasteiger partial charge in [-0.05, 0) is 55.8 Å². The van der Waals surface area contributed by atoms with Gasteiger partial charge in [0.15, 0.2) is 11.6 Å². The van der Waals surface area contributed by atoms with Gasteiger partial charge in [-0.25, -0.2) is 4.39 Å². The van der Waals surface area contributed by atoms with Crippen molar-refractivity contribution in [2.75, 3.05) is 14.2 Å². The predicted molar refractivity (Wildman–Crippen MR) is 80.6 cm³/mol. The van der Waals surface area contributed by atoms with E-state index >= 15 is 0 Å². The highest BCUT2D eigenvalue weighted by Gasteiger charge is 2.29.